The van der Waals surface area contributed by atoms with Gasteiger partial charge in [0.05, 0.1) is 15.8 Å². The molecule has 3 heterocycles. The summed E-state index contributed by atoms with van der Waals surface area (Å²) in [5, 5.41) is 11.0. The largest absolute Gasteiger partial charge is 0.507 e. The van der Waals surface area contributed by atoms with Crippen molar-refractivity contribution in [1.82, 2.24) is 9.97 Å². The molecule has 0 aliphatic carbocycles. The zero-order valence-corrected chi connectivity index (χ0v) is 17.0. The third-order valence-corrected chi connectivity index (χ3v) is 6.14. The Kier molecular flexibility index (Phi) is 4.75. The minimum atomic E-state index is -1.26. The maximum Gasteiger partial charge on any atom is 0.301 e. The summed E-state index contributed by atoms with van der Waals surface area (Å²) >= 11 is 0.991. The zero-order valence-electron chi connectivity index (χ0n) is 16.2. The number of thiazole rings is 1. The molecule has 1 atom stereocenters. The summed E-state index contributed by atoms with van der Waals surface area (Å²) < 4.78 is 29.0. The van der Waals surface area contributed by atoms with Crippen molar-refractivity contribution in [2.75, 3.05) is 4.90 Å². The van der Waals surface area contributed by atoms with Gasteiger partial charge in [0, 0.05) is 23.5 Å². The van der Waals surface area contributed by atoms with E-state index in [1.807, 2.05) is 0 Å². The molecule has 9 heteroatoms. The molecule has 0 saturated carbocycles. The number of ketones is 1. The van der Waals surface area contributed by atoms with Crippen LogP contribution < -0.4 is 4.90 Å². The maximum absolute atomic E-state index is 14.8. The fraction of sp³-hybridized carbons (Fsp3) is 0.0435. The van der Waals surface area contributed by atoms with Crippen molar-refractivity contribution in [3.63, 3.8) is 0 Å². The Morgan fingerprint density at radius 3 is 2.62 bits per heavy atom. The number of anilines is 1. The number of pyridine rings is 1. The van der Waals surface area contributed by atoms with Gasteiger partial charge in [0.25, 0.3) is 5.78 Å². The first kappa shape index (κ1) is 20.0. The minimum absolute atomic E-state index is 0.0163. The van der Waals surface area contributed by atoms with Crippen LogP contribution in [0.2, 0.25) is 0 Å². The number of nitrogens with zero attached hydrogens (tertiary/aromatic N) is 3. The van der Waals surface area contributed by atoms with E-state index in [0.29, 0.717) is 10.2 Å². The molecule has 1 fully saturated rings. The SMILES string of the molecule is O=C1C(=O)N(c2nc3ccc(F)cc3s2)C(c2ccccc2F)C1=C(O)c1cccnc1. The Balaban J connectivity index is 1.76. The summed E-state index contributed by atoms with van der Waals surface area (Å²) in [7, 11) is 0. The normalized spacial score (nSPS) is 17.9. The second kappa shape index (κ2) is 7.61. The lowest BCUT2D eigenvalue weighted by molar-refractivity contribution is -0.132. The monoisotopic (exact) mass is 449 g/mol. The summed E-state index contributed by atoms with van der Waals surface area (Å²) in [6.45, 7) is 0. The van der Waals surface area contributed by atoms with Gasteiger partial charge in [-0.1, -0.05) is 29.5 Å². The third kappa shape index (κ3) is 3.14. The number of aromatic nitrogens is 2. The van der Waals surface area contributed by atoms with Gasteiger partial charge in [0.1, 0.15) is 23.4 Å². The van der Waals surface area contributed by atoms with Gasteiger partial charge in [-0.05, 0) is 36.4 Å². The van der Waals surface area contributed by atoms with Gasteiger partial charge in [-0.15, -0.1) is 0 Å². The number of aliphatic hydroxyl groups excluding tert-OH is 1. The maximum atomic E-state index is 14.8. The predicted octanol–water partition coefficient (Wildman–Crippen LogP) is 4.60. The Labute approximate surface area is 184 Å². The van der Waals surface area contributed by atoms with E-state index in [1.165, 1.54) is 54.9 Å². The first-order valence-electron chi connectivity index (χ1n) is 9.47. The number of halogens is 2. The highest BCUT2D eigenvalue weighted by Crippen LogP contribution is 2.44. The lowest BCUT2D eigenvalue weighted by atomic mass is 9.95. The van der Waals surface area contributed by atoms with Gasteiger partial charge in [0.15, 0.2) is 5.13 Å². The highest BCUT2D eigenvalue weighted by atomic mass is 32.1. The van der Waals surface area contributed by atoms with Crippen molar-refractivity contribution in [1.29, 1.82) is 0 Å². The number of hydrogen-bond acceptors (Lipinski definition) is 6. The van der Waals surface area contributed by atoms with Crippen molar-refractivity contribution in [2.45, 2.75) is 6.04 Å². The molecular weight excluding hydrogens is 436 g/mol. The second-order valence-corrected chi connectivity index (χ2v) is 8.05. The molecular formula is C23H13F2N3O3S. The van der Waals surface area contributed by atoms with E-state index in [4.69, 9.17) is 0 Å². The lowest BCUT2D eigenvalue weighted by Crippen LogP contribution is -2.29. The standard InChI is InChI=1S/C23H13F2N3O3S/c24-13-7-8-16-17(10-13)32-23(27-16)28-19(14-5-1-2-6-15(14)25)18(21(30)22(28)31)20(29)12-4-3-9-26-11-12/h1-11,19,29H. The molecule has 2 aromatic carbocycles. The molecule has 6 nitrogen and oxygen atoms in total. The fourth-order valence-corrected chi connectivity index (χ4v) is 4.69. The van der Waals surface area contributed by atoms with Crippen LogP contribution in [0.4, 0.5) is 13.9 Å². The highest BCUT2D eigenvalue weighted by molar-refractivity contribution is 7.22. The highest BCUT2D eigenvalue weighted by Gasteiger charge is 2.49. The molecule has 1 aliphatic rings. The Morgan fingerprint density at radius 1 is 1.06 bits per heavy atom. The molecule has 2 aromatic heterocycles. The number of carbonyl (C=O) groups excluding carboxylic acids is 2. The molecule has 1 unspecified atom stereocenters. The van der Waals surface area contributed by atoms with Crippen molar-refractivity contribution in [3.05, 3.63) is 95.3 Å². The number of amides is 1. The smallest absolute Gasteiger partial charge is 0.301 e. The van der Waals surface area contributed by atoms with Crippen LogP contribution in [-0.2, 0) is 9.59 Å². The van der Waals surface area contributed by atoms with Crippen LogP contribution in [-0.4, -0.2) is 26.8 Å². The summed E-state index contributed by atoms with van der Waals surface area (Å²) in [5.41, 5.74) is 0.368. The van der Waals surface area contributed by atoms with Crippen LogP contribution >= 0.6 is 11.3 Å². The van der Waals surface area contributed by atoms with Crippen LogP contribution in [0.1, 0.15) is 17.2 Å². The molecule has 0 radical (unpaired) electrons. The number of rotatable bonds is 3. The van der Waals surface area contributed by atoms with Crippen molar-refractivity contribution < 1.29 is 23.5 Å². The minimum Gasteiger partial charge on any atom is -0.507 e. The molecule has 5 rings (SSSR count). The first-order valence-corrected chi connectivity index (χ1v) is 10.3. The quantitative estimate of drug-likeness (QED) is 0.281. The number of benzene rings is 2. The lowest BCUT2D eigenvalue weighted by Gasteiger charge is -2.23. The van der Waals surface area contributed by atoms with Crippen molar-refractivity contribution in [3.8, 4) is 0 Å². The summed E-state index contributed by atoms with van der Waals surface area (Å²) in [6, 6.07) is 11.5. The number of fused-ring (bicyclic) bond motifs is 1. The zero-order chi connectivity index (χ0) is 22.4. The number of aliphatic hydroxyl groups is 1. The van der Waals surface area contributed by atoms with E-state index in [0.717, 1.165) is 16.2 Å². The Bertz CT molecular complexity index is 1420. The number of carbonyl (C=O) groups is 2. The van der Waals surface area contributed by atoms with Crippen LogP contribution in [0.25, 0.3) is 16.0 Å². The van der Waals surface area contributed by atoms with Crippen LogP contribution in [0, 0.1) is 11.6 Å². The third-order valence-electron chi connectivity index (χ3n) is 5.12. The van der Waals surface area contributed by atoms with Crippen LogP contribution in [0.5, 0.6) is 0 Å². The number of hydrogen-bond donors (Lipinski definition) is 1. The average molecular weight is 449 g/mol. The van der Waals surface area contributed by atoms with Crippen molar-refractivity contribution >= 4 is 44.1 Å². The first-order chi connectivity index (χ1) is 15.5. The van der Waals surface area contributed by atoms with E-state index in [2.05, 4.69) is 9.97 Å². The van der Waals surface area contributed by atoms with Gasteiger partial charge in [-0.25, -0.2) is 13.8 Å². The molecule has 1 N–H and O–H groups in total. The molecule has 0 bridgehead atoms. The molecule has 0 spiro atoms. The van der Waals surface area contributed by atoms with Gasteiger partial charge in [-0.3, -0.25) is 19.5 Å². The average Bonchev–Trinajstić information content (AvgIpc) is 3.32. The van der Waals surface area contributed by atoms with E-state index in [1.54, 1.807) is 12.1 Å². The Hall–Kier alpha value is -3.98. The molecule has 1 aliphatic heterocycles. The van der Waals surface area contributed by atoms with Gasteiger partial charge < -0.3 is 5.11 Å². The summed E-state index contributed by atoms with van der Waals surface area (Å²) in [5.74, 6) is -3.56. The Morgan fingerprint density at radius 2 is 1.88 bits per heavy atom. The molecule has 32 heavy (non-hydrogen) atoms. The summed E-state index contributed by atoms with van der Waals surface area (Å²) in [6.07, 6.45) is 2.82. The molecule has 1 saturated heterocycles. The van der Waals surface area contributed by atoms with E-state index < -0.39 is 35.1 Å². The van der Waals surface area contributed by atoms with Crippen LogP contribution in [0.15, 0.2) is 72.6 Å². The second-order valence-electron chi connectivity index (χ2n) is 7.04. The van der Waals surface area contributed by atoms with Gasteiger partial charge >= 0.3 is 5.91 Å². The number of Topliss-reactive ketones (excluding diaryl/α,β-unsaturated/α-hetero) is 1. The van der Waals surface area contributed by atoms with E-state index >= 15 is 0 Å². The van der Waals surface area contributed by atoms with Gasteiger partial charge in [0.2, 0.25) is 0 Å². The summed E-state index contributed by atoms with van der Waals surface area (Å²) in [4.78, 5) is 35.4. The predicted molar refractivity (Wildman–Crippen MR) is 115 cm³/mol. The molecule has 4 aromatic rings. The molecule has 1 amide bonds. The topological polar surface area (TPSA) is 83.4 Å². The van der Waals surface area contributed by atoms with Crippen LogP contribution in [0.3, 0.4) is 0 Å². The van der Waals surface area contributed by atoms with Gasteiger partial charge in [-0.2, -0.15) is 0 Å². The fourth-order valence-electron chi connectivity index (χ4n) is 3.67. The molecule has 158 valence electrons. The van der Waals surface area contributed by atoms with E-state index in [-0.39, 0.29) is 21.8 Å². The van der Waals surface area contributed by atoms with Crippen molar-refractivity contribution in [2.24, 2.45) is 0 Å². The van der Waals surface area contributed by atoms with E-state index in [9.17, 15) is 23.5 Å².